The van der Waals surface area contributed by atoms with Crippen molar-refractivity contribution in [1.29, 1.82) is 0 Å². The lowest BCUT2D eigenvalue weighted by molar-refractivity contribution is -0.137. The molecule has 0 aromatic heterocycles. The van der Waals surface area contributed by atoms with E-state index < -0.39 is 17.9 Å². The van der Waals surface area contributed by atoms with Crippen molar-refractivity contribution in [2.75, 3.05) is 13.6 Å². The van der Waals surface area contributed by atoms with Crippen LogP contribution in [-0.4, -0.2) is 42.3 Å². The number of nitrogens with two attached hydrogens (primary N) is 1. The largest absolute Gasteiger partial charge is 0.340 e. The van der Waals surface area contributed by atoms with Crippen LogP contribution in [0.25, 0.3) is 0 Å². The van der Waals surface area contributed by atoms with Gasteiger partial charge < -0.3 is 11.1 Å². The Hall–Kier alpha value is -2.65. The molecule has 2 rings (SSSR count). The van der Waals surface area contributed by atoms with Crippen LogP contribution in [-0.2, 0) is 9.59 Å². The second-order valence-electron chi connectivity index (χ2n) is 4.61. The topological polar surface area (TPSA) is 92.5 Å². The van der Waals surface area contributed by atoms with Gasteiger partial charge in [-0.1, -0.05) is 17.9 Å². The zero-order valence-corrected chi connectivity index (χ0v) is 11.6. The number of hydrogen-bond donors (Lipinski definition) is 2. The predicted octanol–water partition coefficient (Wildman–Crippen LogP) is -0.516. The number of imide groups is 1. The van der Waals surface area contributed by atoms with Gasteiger partial charge in [0.1, 0.15) is 6.04 Å². The van der Waals surface area contributed by atoms with Gasteiger partial charge in [-0.05, 0) is 18.2 Å². The second kappa shape index (κ2) is 6.20. The van der Waals surface area contributed by atoms with Gasteiger partial charge in [0.05, 0.1) is 13.0 Å². The van der Waals surface area contributed by atoms with Crippen LogP contribution in [0.3, 0.4) is 0 Å². The van der Waals surface area contributed by atoms with Crippen molar-refractivity contribution in [1.82, 2.24) is 10.2 Å². The highest BCUT2D eigenvalue weighted by Crippen LogP contribution is 2.12. The molecule has 3 amide bonds. The molecular weight excluding hydrogens is 270 g/mol. The van der Waals surface area contributed by atoms with E-state index in [4.69, 9.17) is 5.73 Å². The van der Waals surface area contributed by atoms with Gasteiger partial charge in [0.25, 0.3) is 11.8 Å². The monoisotopic (exact) mass is 285 g/mol. The van der Waals surface area contributed by atoms with E-state index in [-0.39, 0.29) is 18.9 Å². The molecule has 1 saturated heterocycles. The Balaban J connectivity index is 2.11. The van der Waals surface area contributed by atoms with Crippen LogP contribution >= 0.6 is 0 Å². The lowest BCUT2D eigenvalue weighted by Crippen LogP contribution is -2.40. The van der Waals surface area contributed by atoms with Crippen LogP contribution < -0.4 is 11.1 Å². The Morgan fingerprint density at radius 2 is 2.24 bits per heavy atom. The first kappa shape index (κ1) is 14.8. The molecule has 1 aliphatic rings. The van der Waals surface area contributed by atoms with Gasteiger partial charge in [0, 0.05) is 18.2 Å². The van der Waals surface area contributed by atoms with Crippen LogP contribution in [0.15, 0.2) is 24.3 Å². The molecule has 0 aliphatic carbocycles. The van der Waals surface area contributed by atoms with Gasteiger partial charge in [-0.2, -0.15) is 0 Å². The average molecular weight is 285 g/mol. The van der Waals surface area contributed by atoms with Crippen molar-refractivity contribution in [3.05, 3.63) is 35.4 Å². The predicted molar refractivity (Wildman–Crippen MR) is 76.0 cm³/mol. The molecule has 1 fully saturated rings. The zero-order chi connectivity index (χ0) is 15.4. The summed E-state index contributed by atoms with van der Waals surface area (Å²) in [6, 6.07) is 5.89. The lowest BCUT2D eigenvalue weighted by Gasteiger charge is -2.11. The van der Waals surface area contributed by atoms with Crippen molar-refractivity contribution in [3.63, 3.8) is 0 Å². The first-order valence-corrected chi connectivity index (χ1v) is 6.43. The number of likely N-dealkylation sites (N-methyl/N-ethyl adjacent to an activating group) is 1. The van der Waals surface area contributed by atoms with Gasteiger partial charge in [0.2, 0.25) is 5.91 Å². The minimum Gasteiger partial charge on any atom is -0.340 e. The molecule has 3 N–H and O–H groups in total. The molecule has 1 aromatic carbocycles. The standard InChI is InChI=1S/C15H15N3O3/c1-18-13(19)9-12(15(18)21)17-14(20)11-6-2-4-10(8-11)5-3-7-16/h2,4,6,8,12H,7,9,16H2,1H3,(H,17,20). The summed E-state index contributed by atoms with van der Waals surface area (Å²) in [6.07, 6.45) is -0.00621. The third kappa shape index (κ3) is 3.27. The number of carbonyl (C=O) groups is 3. The van der Waals surface area contributed by atoms with Gasteiger partial charge in [-0.25, -0.2) is 0 Å². The fourth-order valence-corrected chi connectivity index (χ4v) is 2.00. The smallest absolute Gasteiger partial charge is 0.252 e. The summed E-state index contributed by atoms with van der Waals surface area (Å²) in [7, 11) is 1.40. The normalized spacial score (nSPS) is 17.4. The number of likely N-dealkylation sites (tertiary alicyclic amines) is 1. The molecule has 0 radical (unpaired) electrons. The number of carbonyl (C=O) groups excluding carboxylic acids is 3. The van der Waals surface area contributed by atoms with Crippen LogP contribution in [0.1, 0.15) is 22.3 Å². The van der Waals surface area contributed by atoms with Crippen LogP contribution in [0.2, 0.25) is 0 Å². The number of nitrogens with one attached hydrogen (secondary N) is 1. The third-order valence-corrected chi connectivity index (χ3v) is 3.15. The molecule has 6 heteroatoms. The maximum absolute atomic E-state index is 12.1. The molecule has 1 unspecified atom stereocenters. The van der Waals surface area contributed by atoms with Gasteiger partial charge in [-0.3, -0.25) is 19.3 Å². The first-order chi connectivity index (χ1) is 10.0. The highest BCUT2D eigenvalue weighted by Gasteiger charge is 2.36. The molecule has 1 aliphatic heterocycles. The summed E-state index contributed by atoms with van der Waals surface area (Å²) in [5.74, 6) is 4.43. The van der Waals surface area contributed by atoms with Crippen molar-refractivity contribution >= 4 is 17.7 Å². The fraction of sp³-hybridized carbons (Fsp3) is 0.267. The molecule has 21 heavy (non-hydrogen) atoms. The highest BCUT2D eigenvalue weighted by atomic mass is 16.2. The summed E-state index contributed by atoms with van der Waals surface area (Å²) in [4.78, 5) is 36.3. The quantitative estimate of drug-likeness (QED) is 0.565. The van der Waals surface area contributed by atoms with E-state index in [1.165, 1.54) is 7.05 Å². The van der Waals surface area contributed by atoms with Gasteiger partial charge in [0.15, 0.2) is 0 Å². The molecule has 1 heterocycles. The van der Waals surface area contributed by atoms with Crippen LogP contribution in [0, 0.1) is 11.8 Å². The van der Waals surface area contributed by atoms with Crippen molar-refractivity contribution in [3.8, 4) is 11.8 Å². The number of amides is 3. The van der Waals surface area contributed by atoms with Gasteiger partial charge >= 0.3 is 0 Å². The Morgan fingerprint density at radius 3 is 2.86 bits per heavy atom. The average Bonchev–Trinajstić information content (AvgIpc) is 2.72. The summed E-state index contributed by atoms with van der Waals surface area (Å²) in [6.45, 7) is 0.238. The molecular formula is C15H15N3O3. The maximum Gasteiger partial charge on any atom is 0.252 e. The fourth-order valence-electron chi connectivity index (χ4n) is 2.00. The summed E-state index contributed by atoms with van der Waals surface area (Å²) >= 11 is 0. The molecule has 0 saturated carbocycles. The van der Waals surface area contributed by atoms with Crippen LogP contribution in [0.4, 0.5) is 0 Å². The second-order valence-corrected chi connectivity index (χ2v) is 4.61. The number of rotatable bonds is 2. The minimum atomic E-state index is -0.797. The molecule has 1 aromatic rings. The Kier molecular flexibility index (Phi) is 4.36. The Morgan fingerprint density at radius 1 is 1.48 bits per heavy atom. The van der Waals surface area contributed by atoms with Crippen molar-refractivity contribution in [2.24, 2.45) is 5.73 Å². The SMILES string of the molecule is CN1C(=O)CC(NC(=O)c2cccc(C#CCN)c2)C1=O. The van der Waals surface area contributed by atoms with E-state index >= 15 is 0 Å². The van der Waals surface area contributed by atoms with E-state index in [1.54, 1.807) is 24.3 Å². The summed E-state index contributed by atoms with van der Waals surface area (Å²) in [5.41, 5.74) is 6.35. The summed E-state index contributed by atoms with van der Waals surface area (Å²) < 4.78 is 0. The third-order valence-electron chi connectivity index (χ3n) is 3.15. The van der Waals surface area contributed by atoms with Crippen molar-refractivity contribution < 1.29 is 14.4 Å². The molecule has 0 spiro atoms. The minimum absolute atomic E-state index is 0.00621. The van der Waals surface area contributed by atoms with E-state index in [2.05, 4.69) is 17.2 Å². The first-order valence-electron chi connectivity index (χ1n) is 6.43. The van der Waals surface area contributed by atoms with E-state index in [9.17, 15) is 14.4 Å². The molecule has 1 atom stereocenters. The lowest BCUT2D eigenvalue weighted by atomic mass is 10.1. The highest BCUT2D eigenvalue weighted by molar-refractivity contribution is 6.08. The van der Waals surface area contributed by atoms with Crippen LogP contribution in [0.5, 0.6) is 0 Å². The van der Waals surface area contributed by atoms with E-state index in [0.29, 0.717) is 11.1 Å². The Labute approximate surface area is 122 Å². The zero-order valence-electron chi connectivity index (χ0n) is 11.6. The molecule has 108 valence electrons. The van der Waals surface area contributed by atoms with Gasteiger partial charge in [-0.15, -0.1) is 0 Å². The Bertz CT molecular complexity index is 658. The van der Waals surface area contributed by atoms with Crippen molar-refractivity contribution in [2.45, 2.75) is 12.5 Å². The maximum atomic E-state index is 12.1. The van der Waals surface area contributed by atoms with E-state index in [1.807, 2.05) is 0 Å². The summed E-state index contributed by atoms with van der Waals surface area (Å²) in [5, 5.41) is 2.57. The van der Waals surface area contributed by atoms with E-state index in [0.717, 1.165) is 4.90 Å². The number of benzene rings is 1. The number of hydrogen-bond acceptors (Lipinski definition) is 4. The number of nitrogens with zero attached hydrogens (tertiary/aromatic N) is 1. The molecule has 0 bridgehead atoms. The molecule has 6 nitrogen and oxygen atoms in total.